The van der Waals surface area contributed by atoms with E-state index in [2.05, 4.69) is 4.74 Å². The number of carbonyl (C=O) groups excluding carboxylic acids is 1. The minimum atomic E-state index is -1.19. The summed E-state index contributed by atoms with van der Waals surface area (Å²) < 4.78 is 20.7. The summed E-state index contributed by atoms with van der Waals surface area (Å²) >= 11 is 0. The van der Waals surface area contributed by atoms with Gasteiger partial charge < -0.3 is 24.1 Å². The molecule has 1 aromatic rings. The Bertz CT molecular complexity index is 660. The van der Waals surface area contributed by atoms with Crippen LogP contribution in [0.25, 0.3) is 6.08 Å². The average Bonchev–Trinajstić information content (AvgIpc) is 3.13. The van der Waals surface area contributed by atoms with Crippen molar-refractivity contribution in [1.82, 2.24) is 0 Å². The molecule has 142 valence electrons. The van der Waals surface area contributed by atoms with E-state index in [0.29, 0.717) is 17.1 Å². The molecule has 1 N–H and O–H groups in total. The summed E-state index contributed by atoms with van der Waals surface area (Å²) in [5, 5.41) is 9.32. The number of hydrogen-bond acceptors (Lipinski definition) is 6. The molecule has 0 aliphatic heterocycles. The number of methoxy groups -OCH3 is 2. The Morgan fingerprint density at radius 1 is 1.19 bits per heavy atom. The highest BCUT2D eigenvalue weighted by Gasteiger charge is 2.19. The SMILES string of the molecule is COCOC(=O)C/C(=C/c1ccc(OC2CCCC2)c(OC)c1)C(=O)O. The van der Waals surface area contributed by atoms with Crippen molar-refractivity contribution in [2.75, 3.05) is 21.0 Å². The second-order valence-electron chi connectivity index (χ2n) is 6.01. The fourth-order valence-corrected chi connectivity index (χ4v) is 2.78. The fourth-order valence-electron chi connectivity index (χ4n) is 2.78. The highest BCUT2D eigenvalue weighted by molar-refractivity contribution is 5.97. The maximum absolute atomic E-state index is 11.6. The zero-order valence-corrected chi connectivity index (χ0v) is 15.0. The lowest BCUT2D eigenvalue weighted by Gasteiger charge is -2.16. The lowest BCUT2D eigenvalue weighted by molar-refractivity contribution is -0.154. The summed E-state index contributed by atoms with van der Waals surface area (Å²) in [6.45, 7) is -0.216. The third-order valence-corrected chi connectivity index (χ3v) is 4.07. The van der Waals surface area contributed by atoms with Gasteiger partial charge in [0.15, 0.2) is 18.3 Å². The molecule has 0 unspecified atom stereocenters. The normalized spacial score (nSPS) is 14.9. The van der Waals surface area contributed by atoms with Crippen LogP contribution in [-0.4, -0.2) is 44.2 Å². The Labute approximate surface area is 152 Å². The molecule has 0 saturated heterocycles. The maximum Gasteiger partial charge on any atom is 0.332 e. The number of esters is 1. The van der Waals surface area contributed by atoms with E-state index in [4.69, 9.17) is 14.2 Å². The van der Waals surface area contributed by atoms with Crippen molar-refractivity contribution in [1.29, 1.82) is 0 Å². The molecule has 1 aliphatic carbocycles. The number of hydrogen-bond donors (Lipinski definition) is 1. The highest BCUT2D eigenvalue weighted by Crippen LogP contribution is 2.33. The number of carbonyl (C=O) groups is 2. The Morgan fingerprint density at radius 3 is 2.54 bits per heavy atom. The lowest BCUT2D eigenvalue weighted by atomic mass is 10.1. The van der Waals surface area contributed by atoms with Crippen molar-refractivity contribution < 1.29 is 33.6 Å². The number of carboxylic acids is 1. The summed E-state index contributed by atoms with van der Waals surface area (Å²) in [5.74, 6) is -0.705. The molecule has 7 heteroatoms. The highest BCUT2D eigenvalue weighted by atomic mass is 16.7. The first-order chi connectivity index (χ1) is 12.5. The lowest BCUT2D eigenvalue weighted by Crippen LogP contribution is -2.12. The minimum Gasteiger partial charge on any atom is -0.493 e. The molecular formula is C19H24O7. The molecule has 2 rings (SSSR count). The van der Waals surface area contributed by atoms with Gasteiger partial charge in [-0.15, -0.1) is 0 Å². The monoisotopic (exact) mass is 364 g/mol. The molecule has 7 nitrogen and oxygen atoms in total. The second kappa shape index (κ2) is 9.82. The summed E-state index contributed by atoms with van der Waals surface area (Å²) in [6.07, 6.45) is 5.62. The molecule has 0 heterocycles. The number of aliphatic carboxylic acids is 1. The molecule has 0 spiro atoms. The van der Waals surface area contributed by atoms with E-state index < -0.39 is 11.9 Å². The van der Waals surface area contributed by atoms with Gasteiger partial charge in [0.2, 0.25) is 0 Å². The Balaban J connectivity index is 2.15. The van der Waals surface area contributed by atoms with E-state index in [1.165, 1.54) is 20.3 Å². The predicted octanol–water partition coefficient (Wildman–Crippen LogP) is 3.02. The average molecular weight is 364 g/mol. The van der Waals surface area contributed by atoms with Crippen molar-refractivity contribution in [3.8, 4) is 11.5 Å². The number of benzene rings is 1. The Morgan fingerprint density at radius 2 is 1.92 bits per heavy atom. The van der Waals surface area contributed by atoms with Gasteiger partial charge in [-0.2, -0.15) is 0 Å². The van der Waals surface area contributed by atoms with Gasteiger partial charge in [-0.1, -0.05) is 6.07 Å². The van der Waals surface area contributed by atoms with Crippen LogP contribution in [0.5, 0.6) is 11.5 Å². The molecule has 0 amide bonds. The van der Waals surface area contributed by atoms with Gasteiger partial charge in [0.25, 0.3) is 0 Å². The molecule has 0 aromatic heterocycles. The van der Waals surface area contributed by atoms with Crippen molar-refractivity contribution in [2.45, 2.75) is 38.2 Å². The zero-order chi connectivity index (χ0) is 18.9. The molecule has 1 aromatic carbocycles. The first-order valence-electron chi connectivity index (χ1n) is 8.46. The maximum atomic E-state index is 11.6. The predicted molar refractivity (Wildman–Crippen MR) is 94.1 cm³/mol. The quantitative estimate of drug-likeness (QED) is 0.409. The summed E-state index contributed by atoms with van der Waals surface area (Å²) in [6, 6.07) is 5.18. The van der Waals surface area contributed by atoms with Gasteiger partial charge in [-0.3, -0.25) is 4.79 Å². The molecule has 0 atom stereocenters. The topological polar surface area (TPSA) is 91.3 Å². The van der Waals surface area contributed by atoms with Crippen LogP contribution >= 0.6 is 0 Å². The Kier molecular flexibility index (Phi) is 7.47. The van der Waals surface area contributed by atoms with Gasteiger partial charge in [-0.25, -0.2) is 4.79 Å². The first kappa shape index (κ1) is 19.8. The minimum absolute atomic E-state index is 0.0855. The second-order valence-corrected chi connectivity index (χ2v) is 6.01. The van der Waals surface area contributed by atoms with Gasteiger partial charge in [-0.05, 0) is 49.5 Å². The number of rotatable bonds is 9. The third kappa shape index (κ3) is 5.77. The molecule has 0 radical (unpaired) electrons. The van der Waals surface area contributed by atoms with Crippen molar-refractivity contribution in [3.63, 3.8) is 0 Å². The van der Waals surface area contributed by atoms with E-state index in [-0.39, 0.29) is 24.9 Å². The van der Waals surface area contributed by atoms with Crippen molar-refractivity contribution in [3.05, 3.63) is 29.3 Å². The molecule has 0 bridgehead atoms. The van der Waals surface area contributed by atoms with Gasteiger partial charge in [0, 0.05) is 12.7 Å². The Hall–Kier alpha value is -2.54. The third-order valence-electron chi connectivity index (χ3n) is 4.07. The van der Waals surface area contributed by atoms with E-state index in [1.807, 2.05) is 0 Å². The molecular weight excluding hydrogens is 340 g/mol. The van der Waals surface area contributed by atoms with Crippen LogP contribution in [0.2, 0.25) is 0 Å². The molecule has 1 saturated carbocycles. The van der Waals surface area contributed by atoms with Crippen molar-refractivity contribution in [2.24, 2.45) is 0 Å². The van der Waals surface area contributed by atoms with Crippen LogP contribution in [0.15, 0.2) is 23.8 Å². The van der Waals surface area contributed by atoms with Crippen LogP contribution < -0.4 is 9.47 Å². The zero-order valence-electron chi connectivity index (χ0n) is 15.0. The summed E-state index contributed by atoms with van der Waals surface area (Å²) in [5.41, 5.74) is 0.509. The number of ether oxygens (including phenoxy) is 4. The largest absolute Gasteiger partial charge is 0.493 e. The van der Waals surface area contributed by atoms with E-state index in [1.54, 1.807) is 18.2 Å². The molecule has 1 aliphatic rings. The van der Waals surface area contributed by atoms with E-state index in [0.717, 1.165) is 25.7 Å². The van der Waals surface area contributed by atoms with Crippen LogP contribution in [-0.2, 0) is 19.1 Å². The van der Waals surface area contributed by atoms with Gasteiger partial charge in [0.05, 0.1) is 19.6 Å². The van der Waals surface area contributed by atoms with Crippen LogP contribution in [0.1, 0.15) is 37.7 Å². The van der Waals surface area contributed by atoms with Crippen LogP contribution in [0.4, 0.5) is 0 Å². The van der Waals surface area contributed by atoms with E-state index in [9.17, 15) is 14.7 Å². The fraction of sp³-hybridized carbons (Fsp3) is 0.474. The van der Waals surface area contributed by atoms with Gasteiger partial charge in [0.1, 0.15) is 0 Å². The summed E-state index contributed by atoms with van der Waals surface area (Å²) in [7, 11) is 2.91. The van der Waals surface area contributed by atoms with Crippen molar-refractivity contribution >= 4 is 18.0 Å². The smallest absolute Gasteiger partial charge is 0.332 e. The van der Waals surface area contributed by atoms with Gasteiger partial charge >= 0.3 is 11.9 Å². The molecule has 26 heavy (non-hydrogen) atoms. The first-order valence-corrected chi connectivity index (χ1v) is 8.46. The molecule has 1 fully saturated rings. The standard InChI is InChI=1S/C19H24O7/c1-23-12-25-18(20)11-14(19(21)22)9-13-7-8-16(17(10-13)24-2)26-15-5-3-4-6-15/h7-10,15H,3-6,11-12H2,1-2H3,(H,21,22)/b14-9-. The number of carboxylic acid groups (broad SMARTS) is 1. The van der Waals surface area contributed by atoms with Crippen LogP contribution in [0, 0.1) is 0 Å². The summed E-state index contributed by atoms with van der Waals surface area (Å²) in [4.78, 5) is 23.0. The van der Waals surface area contributed by atoms with E-state index >= 15 is 0 Å². The van der Waals surface area contributed by atoms with Crippen LogP contribution in [0.3, 0.4) is 0 Å².